The minimum Gasteiger partial charge on any atom is -0.507 e. The molecule has 90 valence electrons. The van der Waals surface area contributed by atoms with E-state index < -0.39 is 18.6 Å². The second-order valence-corrected chi connectivity index (χ2v) is 3.32. The summed E-state index contributed by atoms with van der Waals surface area (Å²) >= 11 is 0. The molecule has 0 fully saturated rings. The molecule has 0 saturated carbocycles. The molecule has 0 aromatic heterocycles. The van der Waals surface area contributed by atoms with Crippen molar-refractivity contribution in [2.24, 2.45) is 5.73 Å². The molecule has 1 aromatic rings. The number of hydrogen-bond acceptors (Lipinski definition) is 4. The number of alkyl halides is 2. The third-order valence-corrected chi connectivity index (χ3v) is 2.24. The van der Waals surface area contributed by atoms with Crippen LogP contribution in [0.5, 0.6) is 11.5 Å². The number of phenolic OH excluding ortho intramolecular Hbond substituents is 1. The Bertz CT molecular complexity index is 371. The van der Waals surface area contributed by atoms with E-state index in [0.29, 0.717) is 5.75 Å². The van der Waals surface area contributed by atoms with E-state index >= 15 is 0 Å². The Morgan fingerprint density at radius 2 is 2.12 bits per heavy atom. The van der Waals surface area contributed by atoms with Crippen LogP contribution in [-0.4, -0.2) is 29.9 Å². The number of aliphatic hydroxyl groups is 1. The van der Waals surface area contributed by atoms with Gasteiger partial charge in [0.1, 0.15) is 24.1 Å². The maximum absolute atomic E-state index is 13.1. The number of rotatable bonds is 4. The minimum absolute atomic E-state index is 0.139. The lowest BCUT2D eigenvalue weighted by Gasteiger charge is -2.22. The number of ether oxygens (including phenoxy) is 1. The zero-order chi connectivity index (χ0) is 12.3. The predicted octanol–water partition coefficient (Wildman–Crippen LogP) is 1.03. The van der Waals surface area contributed by atoms with E-state index in [-0.39, 0.29) is 11.3 Å². The van der Waals surface area contributed by atoms with Gasteiger partial charge in [-0.2, -0.15) is 0 Å². The number of aliphatic hydroxyl groups excluding tert-OH is 1. The fraction of sp³-hybridized carbons (Fsp3) is 0.400. The van der Waals surface area contributed by atoms with Crippen LogP contribution in [0.2, 0.25) is 0 Å². The van der Waals surface area contributed by atoms with Crippen molar-refractivity contribution in [1.29, 1.82) is 0 Å². The zero-order valence-electron chi connectivity index (χ0n) is 8.65. The summed E-state index contributed by atoms with van der Waals surface area (Å²) in [5.74, 6) is -3.53. The Labute approximate surface area is 91.3 Å². The molecule has 4 N–H and O–H groups in total. The van der Waals surface area contributed by atoms with Gasteiger partial charge in [0.25, 0.3) is 5.92 Å². The van der Waals surface area contributed by atoms with Gasteiger partial charge in [0.2, 0.25) is 0 Å². The average molecular weight is 233 g/mol. The fourth-order valence-electron chi connectivity index (χ4n) is 1.24. The molecule has 1 rings (SSSR count). The Balaban J connectivity index is 3.05. The first-order valence-electron chi connectivity index (χ1n) is 4.53. The Morgan fingerprint density at radius 1 is 1.50 bits per heavy atom. The van der Waals surface area contributed by atoms with Gasteiger partial charge in [-0.25, -0.2) is 8.78 Å². The van der Waals surface area contributed by atoms with Crippen molar-refractivity contribution >= 4 is 0 Å². The maximum atomic E-state index is 13.1. The highest BCUT2D eigenvalue weighted by Crippen LogP contribution is 2.35. The monoisotopic (exact) mass is 233 g/mol. The molecule has 0 spiro atoms. The van der Waals surface area contributed by atoms with Gasteiger partial charge in [0, 0.05) is 11.6 Å². The van der Waals surface area contributed by atoms with Crippen LogP contribution < -0.4 is 10.5 Å². The minimum atomic E-state index is -3.48. The van der Waals surface area contributed by atoms with Gasteiger partial charge in [-0.05, 0) is 12.1 Å². The van der Waals surface area contributed by atoms with Crippen LogP contribution in [0.4, 0.5) is 8.78 Å². The molecule has 0 saturated heterocycles. The summed E-state index contributed by atoms with van der Waals surface area (Å²) in [6.07, 6.45) is 0. The second-order valence-electron chi connectivity index (χ2n) is 3.32. The Kier molecular flexibility index (Phi) is 3.66. The molecule has 0 unspecified atom stereocenters. The smallest absolute Gasteiger partial charge is 0.289 e. The van der Waals surface area contributed by atoms with E-state index in [9.17, 15) is 13.9 Å². The molecule has 6 heteroatoms. The highest BCUT2D eigenvalue weighted by molar-refractivity contribution is 5.42. The van der Waals surface area contributed by atoms with Crippen LogP contribution in [0.1, 0.15) is 11.6 Å². The number of aromatic hydroxyl groups is 1. The summed E-state index contributed by atoms with van der Waals surface area (Å²) in [5, 5.41) is 18.0. The topological polar surface area (TPSA) is 75.7 Å². The number of nitrogens with two attached hydrogens (primary N) is 1. The average Bonchev–Trinajstić information content (AvgIpc) is 2.28. The molecule has 0 aliphatic heterocycles. The molecule has 16 heavy (non-hydrogen) atoms. The molecule has 0 radical (unpaired) electrons. The number of methoxy groups -OCH3 is 1. The Hall–Kier alpha value is -1.40. The maximum Gasteiger partial charge on any atom is 0.289 e. The van der Waals surface area contributed by atoms with Crippen LogP contribution in [0.15, 0.2) is 18.2 Å². The molecule has 1 aromatic carbocycles. The molecule has 0 bridgehead atoms. The highest BCUT2D eigenvalue weighted by atomic mass is 19.3. The van der Waals surface area contributed by atoms with Crippen LogP contribution in [0.3, 0.4) is 0 Å². The van der Waals surface area contributed by atoms with E-state index in [1.54, 1.807) is 0 Å². The van der Waals surface area contributed by atoms with Crippen molar-refractivity contribution in [2.75, 3.05) is 13.7 Å². The van der Waals surface area contributed by atoms with Gasteiger partial charge in [0.15, 0.2) is 0 Å². The summed E-state index contributed by atoms with van der Waals surface area (Å²) in [6, 6.07) is 2.07. The predicted molar refractivity (Wildman–Crippen MR) is 53.6 cm³/mol. The van der Waals surface area contributed by atoms with Crippen molar-refractivity contribution in [3.8, 4) is 11.5 Å². The molecule has 0 aliphatic rings. The van der Waals surface area contributed by atoms with Crippen LogP contribution in [-0.2, 0) is 0 Å². The third kappa shape index (κ3) is 2.40. The van der Waals surface area contributed by atoms with Crippen LogP contribution >= 0.6 is 0 Å². The van der Waals surface area contributed by atoms with Crippen molar-refractivity contribution < 1.29 is 23.7 Å². The largest absolute Gasteiger partial charge is 0.507 e. The highest BCUT2D eigenvalue weighted by Gasteiger charge is 2.38. The van der Waals surface area contributed by atoms with Gasteiger partial charge in [-0.1, -0.05) is 0 Å². The standard InChI is InChI=1S/C10H13F2NO3/c1-16-6-2-3-7(8(15)4-6)9(13)10(11,12)5-14/h2-4,9,14-15H,5,13H2,1H3/t9-/m1/s1. The number of benzene rings is 1. The van der Waals surface area contributed by atoms with E-state index in [1.807, 2.05) is 0 Å². The van der Waals surface area contributed by atoms with E-state index in [4.69, 9.17) is 15.6 Å². The van der Waals surface area contributed by atoms with Gasteiger partial charge in [-0.15, -0.1) is 0 Å². The summed E-state index contributed by atoms with van der Waals surface area (Å²) in [7, 11) is 1.39. The SMILES string of the molecule is COc1ccc([C@@H](N)C(F)(F)CO)c(O)c1. The zero-order valence-corrected chi connectivity index (χ0v) is 8.65. The van der Waals surface area contributed by atoms with E-state index in [0.717, 1.165) is 0 Å². The molecule has 1 atom stereocenters. The van der Waals surface area contributed by atoms with Gasteiger partial charge in [-0.3, -0.25) is 0 Å². The lowest BCUT2D eigenvalue weighted by molar-refractivity contribution is -0.0716. The fourth-order valence-corrected chi connectivity index (χ4v) is 1.24. The molecular formula is C10H13F2NO3. The van der Waals surface area contributed by atoms with E-state index in [2.05, 4.69) is 0 Å². The van der Waals surface area contributed by atoms with Crippen LogP contribution in [0.25, 0.3) is 0 Å². The van der Waals surface area contributed by atoms with E-state index in [1.165, 1.54) is 25.3 Å². The Morgan fingerprint density at radius 3 is 2.56 bits per heavy atom. The third-order valence-electron chi connectivity index (χ3n) is 2.24. The van der Waals surface area contributed by atoms with Crippen molar-refractivity contribution in [3.63, 3.8) is 0 Å². The molecule has 0 aliphatic carbocycles. The van der Waals surface area contributed by atoms with Gasteiger partial charge >= 0.3 is 0 Å². The van der Waals surface area contributed by atoms with Gasteiger partial charge < -0.3 is 20.7 Å². The van der Waals surface area contributed by atoms with Crippen molar-refractivity contribution in [2.45, 2.75) is 12.0 Å². The lowest BCUT2D eigenvalue weighted by Crippen LogP contribution is -2.36. The summed E-state index contributed by atoms with van der Waals surface area (Å²) in [6.45, 7) is -1.38. The first-order chi connectivity index (χ1) is 7.42. The van der Waals surface area contributed by atoms with Crippen molar-refractivity contribution in [1.82, 2.24) is 0 Å². The molecule has 0 amide bonds. The molecule has 4 nitrogen and oxygen atoms in total. The number of phenols is 1. The summed E-state index contributed by atoms with van der Waals surface area (Å²) < 4.78 is 31.0. The lowest BCUT2D eigenvalue weighted by atomic mass is 10.0. The van der Waals surface area contributed by atoms with Gasteiger partial charge in [0.05, 0.1) is 7.11 Å². The van der Waals surface area contributed by atoms with Crippen LogP contribution in [0, 0.1) is 0 Å². The summed E-state index contributed by atoms with van der Waals surface area (Å²) in [4.78, 5) is 0. The number of hydrogen-bond donors (Lipinski definition) is 3. The summed E-state index contributed by atoms with van der Waals surface area (Å²) in [5.41, 5.74) is 5.13. The first-order valence-corrected chi connectivity index (χ1v) is 4.53. The quantitative estimate of drug-likeness (QED) is 0.726. The second kappa shape index (κ2) is 4.63. The first kappa shape index (κ1) is 12.7. The normalized spacial score (nSPS) is 13.6. The molecule has 0 heterocycles. The number of halogens is 2. The molecular weight excluding hydrogens is 220 g/mol. The van der Waals surface area contributed by atoms with Crippen molar-refractivity contribution in [3.05, 3.63) is 23.8 Å².